The summed E-state index contributed by atoms with van der Waals surface area (Å²) >= 11 is 0. The summed E-state index contributed by atoms with van der Waals surface area (Å²) in [5.41, 5.74) is 1.06. The van der Waals surface area contributed by atoms with Crippen LogP contribution in [0.4, 0.5) is 4.39 Å². The Labute approximate surface area is 133 Å². The lowest BCUT2D eigenvalue weighted by molar-refractivity contribution is -0.116. The first-order valence-corrected chi connectivity index (χ1v) is 7.06. The fourth-order valence-corrected chi connectivity index (χ4v) is 1.76. The average Bonchev–Trinajstić information content (AvgIpc) is 2.58. The van der Waals surface area contributed by atoms with E-state index in [2.05, 4.69) is 15.6 Å². The molecule has 0 saturated heterocycles. The third-order valence-corrected chi connectivity index (χ3v) is 2.91. The van der Waals surface area contributed by atoms with Crippen LogP contribution in [0.1, 0.15) is 16.1 Å². The smallest absolute Gasteiger partial charge is 0.251 e. The van der Waals surface area contributed by atoms with Gasteiger partial charge in [-0.05, 0) is 42.5 Å². The van der Waals surface area contributed by atoms with Crippen LogP contribution in [0.2, 0.25) is 0 Å². The Bertz CT molecular complexity index is 685. The first-order chi connectivity index (χ1) is 11.1. The molecule has 1 aromatic heterocycles. The summed E-state index contributed by atoms with van der Waals surface area (Å²) < 4.78 is 12.8. The van der Waals surface area contributed by atoms with Gasteiger partial charge >= 0.3 is 0 Å². The number of aromatic nitrogens is 1. The molecule has 5 nitrogen and oxygen atoms in total. The van der Waals surface area contributed by atoms with Crippen LogP contribution in [-0.2, 0) is 4.79 Å². The Morgan fingerprint density at radius 2 is 1.78 bits per heavy atom. The predicted molar refractivity (Wildman–Crippen MR) is 85.0 cm³/mol. The second kappa shape index (κ2) is 8.43. The molecule has 23 heavy (non-hydrogen) atoms. The van der Waals surface area contributed by atoms with Gasteiger partial charge in [0.1, 0.15) is 5.82 Å². The molecule has 0 atom stereocenters. The molecule has 0 unspecified atom stereocenters. The van der Waals surface area contributed by atoms with Crippen molar-refractivity contribution in [2.75, 3.05) is 13.1 Å². The molecule has 2 amide bonds. The standard InChI is InChI=1S/C17H16FN3O2/c18-14-6-4-13(5-7-14)17(23)21-12-11-20-16(22)9-8-15-3-1-2-10-19-15/h1-10H,11-12H2,(H,20,22)(H,21,23). The summed E-state index contributed by atoms with van der Waals surface area (Å²) in [5, 5.41) is 5.28. The van der Waals surface area contributed by atoms with Gasteiger partial charge in [0.2, 0.25) is 5.91 Å². The van der Waals surface area contributed by atoms with Gasteiger partial charge in [0.05, 0.1) is 5.69 Å². The van der Waals surface area contributed by atoms with Gasteiger partial charge in [-0.2, -0.15) is 0 Å². The molecule has 2 aromatic rings. The molecule has 0 spiro atoms. The van der Waals surface area contributed by atoms with E-state index in [1.54, 1.807) is 24.4 Å². The molecule has 0 bridgehead atoms. The summed E-state index contributed by atoms with van der Waals surface area (Å²) in [7, 11) is 0. The number of carbonyl (C=O) groups excluding carboxylic acids is 2. The van der Waals surface area contributed by atoms with Crippen molar-refractivity contribution < 1.29 is 14.0 Å². The molecule has 0 aliphatic rings. The number of carbonyl (C=O) groups is 2. The van der Waals surface area contributed by atoms with Crippen LogP contribution in [-0.4, -0.2) is 29.9 Å². The molecule has 0 fully saturated rings. The molecule has 1 aromatic carbocycles. The van der Waals surface area contributed by atoms with E-state index in [0.717, 1.165) is 0 Å². The topological polar surface area (TPSA) is 71.1 Å². The Hall–Kier alpha value is -3.02. The number of amides is 2. The molecule has 0 aliphatic carbocycles. The highest BCUT2D eigenvalue weighted by atomic mass is 19.1. The largest absolute Gasteiger partial charge is 0.351 e. The van der Waals surface area contributed by atoms with Crippen molar-refractivity contribution in [1.29, 1.82) is 0 Å². The Morgan fingerprint density at radius 1 is 1.04 bits per heavy atom. The van der Waals surface area contributed by atoms with Gasteiger partial charge in [-0.3, -0.25) is 14.6 Å². The minimum Gasteiger partial charge on any atom is -0.351 e. The highest BCUT2D eigenvalue weighted by Crippen LogP contribution is 2.02. The van der Waals surface area contributed by atoms with E-state index < -0.39 is 5.82 Å². The van der Waals surface area contributed by atoms with Gasteiger partial charge in [-0.25, -0.2) is 4.39 Å². The highest BCUT2D eigenvalue weighted by molar-refractivity contribution is 5.94. The average molecular weight is 313 g/mol. The maximum absolute atomic E-state index is 12.8. The van der Waals surface area contributed by atoms with Gasteiger partial charge in [0.15, 0.2) is 0 Å². The summed E-state index contributed by atoms with van der Waals surface area (Å²) in [4.78, 5) is 27.4. The number of rotatable bonds is 6. The zero-order valence-corrected chi connectivity index (χ0v) is 12.3. The summed E-state index contributed by atoms with van der Waals surface area (Å²) in [6.07, 6.45) is 4.62. The molecule has 0 aliphatic heterocycles. The van der Waals surface area contributed by atoms with E-state index in [1.165, 1.54) is 30.3 Å². The van der Waals surface area contributed by atoms with Gasteiger partial charge in [-0.1, -0.05) is 6.07 Å². The van der Waals surface area contributed by atoms with Gasteiger partial charge in [0, 0.05) is 30.9 Å². The third-order valence-electron chi connectivity index (χ3n) is 2.91. The van der Waals surface area contributed by atoms with E-state index in [1.807, 2.05) is 6.07 Å². The van der Waals surface area contributed by atoms with Crippen LogP contribution in [0.5, 0.6) is 0 Å². The van der Waals surface area contributed by atoms with E-state index >= 15 is 0 Å². The van der Waals surface area contributed by atoms with Crippen molar-refractivity contribution in [2.24, 2.45) is 0 Å². The van der Waals surface area contributed by atoms with Crippen molar-refractivity contribution in [3.63, 3.8) is 0 Å². The maximum Gasteiger partial charge on any atom is 0.251 e. The predicted octanol–water partition coefficient (Wildman–Crippen LogP) is 1.78. The number of nitrogens with one attached hydrogen (secondary N) is 2. The SMILES string of the molecule is O=C(C=Cc1ccccn1)NCCNC(=O)c1ccc(F)cc1. The van der Waals surface area contributed by atoms with E-state index in [9.17, 15) is 14.0 Å². The van der Waals surface area contributed by atoms with Crippen molar-refractivity contribution in [3.8, 4) is 0 Å². The maximum atomic E-state index is 12.8. The fraction of sp³-hybridized carbons (Fsp3) is 0.118. The first-order valence-electron chi connectivity index (χ1n) is 7.06. The Morgan fingerprint density at radius 3 is 2.48 bits per heavy atom. The molecule has 6 heteroatoms. The number of halogens is 1. The lowest BCUT2D eigenvalue weighted by Crippen LogP contribution is -2.33. The fourth-order valence-electron chi connectivity index (χ4n) is 1.76. The van der Waals surface area contributed by atoms with Crippen molar-refractivity contribution in [2.45, 2.75) is 0 Å². The van der Waals surface area contributed by atoms with Crippen molar-refractivity contribution >= 4 is 17.9 Å². The lowest BCUT2D eigenvalue weighted by Gasteiger charge is -2.05. The Balaban J connectivity index is 1.68. The van der Waals surface area contributed by atoms with Crippen LogP contribution in [0.15, 0.2) is 54.7 Å². The van der Waals surface area contributed by atoms with Crippen LogP contribution < -0.4 is 10.6 Å². The van der Waals surface area contributed by atoms with Crippen molar-refractivity contribution in [3.05, 3.63) is 71.8 Å². The minimum atomic E-state index is -0.395. The molecule has 118 valence electrons. The molecular weight excluding hydrogens is 297 g/mol. The van der Waals surface area contributed by atoms with Gasteiger partial charge in [-0.15, -0.1) is 0 Å². The van der Waals surface area contributed by atoms with Gasteiger partial charge < -0.3 is 10.6 Å². The van der Waals surface area contributed by atoms with Crippen LogP contribution in [0.3, 0.4) is 0 Å². The molecule has 2 rings (SSSR count). The second-order valence-electron chi connectivity index (χ2n) is 4.64. The molecule has 0 saturated carbocycles. The highest BCUT2D eigenvalue weighted by Gasteiger charge is 2.04. The second-order valence-corrected chi connectivity index (χ2v) is 4.64. The lowest BCUT2D eigenvalue weighted by atomic mass is 10.2. The number of hydrogen-bond donors (Lipinski definition) is 2. The van der Waals surface area contributed by atoms with Crippen LogP contribution in [0.25, 0.3) is 6.08 Å². The summed E-state index contributed by atoms with van der Waals surface area (Å²) in [6.45, 7) is 0.567. The van der Waals surface area contributed by atoms with Crippen LogP contribution >= 0.6 is 0 Å². The Kier molecular flexibility index (Phi) is 5.99. The normalized spacial score (nSPS) is 10.5. The zero-order chi connectivity index (χ0) is 16.5. The summed E-state index contributed by atoms with van der Waals surface area (Å²) in [5.74, 6) is -0.983. The summed E-state index contributed by atoms with van der Waals surface area (Å²) in [6, 6.07) is 10.7. The number of hydrogen-bond acceptors (Lipinski definition) is 3. The van der Waals surface area contributed by atoms with E-state index in [0.29, 0.717) is 17.8 Å². The van der Waals surface area contributed by atoms with Crippen molar-refractivity contribution in [1.82, 2.24) is 15.6 Å². The van der Waals surface area contributed by atoms with Gasteiger partial charge in [0.25, 0.3) is 5.91 Å². The monoisotopic (exact) mass is 313 g/mol. The number of benzene rings is 1. The van der Waals surface area contributed by atoms with E-state index in [4.69, 9.17) is 0 Å². The molecule has 0 radical (unpaired) electrons. The third kappa shape index (κ3) is 5.70. The quantitative estimate of drug-likeness (QED) is 0.631. The van der Waals surface area contributed by atoms with E-state index in [-0.39, 0.29) is 18.4 Å². The van der Waals surface area contributed by atoms with Crippen LogP contribution in [0, 0.1) is 5.82 Å². The zero-order valence-electron chi connectivity index (χ0n) is 12.3. The number of pyridine rings is 1. The molecular formula is C17H16FN3O2. The minimum absolute atomic E-state index is 0.272. The molecule has 1 heterocycles. The first kappa shape index (κ1) is 16.4. The molecule has 2 N–H and O–H groups in total. The number of nitrogens with zero attached hydrogens (tertiary/aromatic N) is 1.